The number of halogens is 2. The first-order chi connectivity index (χ1) is 11.6. The topological polar surface area (TPSA) is 79.3 Å². The van der Waals surface area contributed by atoms with Crippen LogP contribution in [-0.4, -0.2) is 58.7 Å². The summed E-state index contributed by atoms with van der Waals surface area (Å²) in [5, 5.41) is 10.4. The maximum absolute atomic E-state index is 12.5. The lowest BCUT2D eigenvalue weighted by Gasteiger charge is -2.33. The number of hydrogen-bond donors (Lipinski definition) is 2. The SMILES string of the molecule is Cl.Cl.Cn1cc(CC(=O)N2CCCC(CNC(=O)C3CCCN3)C2)cn1. The van der Waals surface area contributed by atoms with Crippen LogP contribution in [0.25, 0.3) is 0 Å². The standard InChI is InChI=1S/C17H27N5O2.2ClH/c1-21-11-14(10-20-21)8-16(23)22-7-3-4-13(12-22)9-19-17(24)15-5-2-6-18-15;;/h10-11,13,15,18H,2-9,12H2,1H3,(H,19,24);2*1H. The van der Waals surface area contributed by atoms with E-state index in [2.05, 4.69) is 15.7 Å². The molecule has 3 rings (SSSR count). The number of hydrogen-bond acceptors (Lipinski definition) is 4. The molecule has 0 saturated carbocycles. The molecular weight excluding hydrogens is 377 g/mol. The number of nitrogens with one attached hydrogen (secondary N) is 2. The predicted molar refractivity (Wildman–Crippen MR) is 105 cm³/mol. The predicted octanol–water partition coefficient (Wildman–Crippen LogP) is 0.913. The van der Waals surface area contributed by atoms with Gasteiger partial charge in [-0.25, -0.2) is 0 Å². The van der Waals surface area contributed by atoms with E-state index in [9.17, 15) is 9.59 Å². The highest BCUT2D eigenvalue weighted by molar-refractivity contribution is 5.85. The molecule has 0 aromatic carbocycles. The molecule has 0 bridgehead atoms. The summed E-state index contributed by atoms with van der Waals surface area (Å²) in [5.41, 5.74) is 0.949. The third-order valence-electron chi connectivity index (χ3n) is 4.93. The summed E-state index contributed by atoms with van der Waals surface area (Å²) < 4.78 is 1.72. The quantitative estimate of drug-likeness (QED) is 0.762. The summed E-state index contributed by atoms with van der Waals surface area (Å²) in [6, 6.07) is -0.0306. The van der Waals surface area contributed by atoms with Crippen LogP contribution in [0.15, 0.2) is 12.4 Å². The fraction of sp³-hybridized carbons (Fsp3) is 0.706. The second kappa shape index (κ2) is 10.7. The molecule has 2 amide bonds. The van der Waals surface area contributed by atoms with Gasteiger partial charge >= 0.3 is 0 Å². The van der Waals surface area contributed by atoms with Gasteiger partial charge in [0.25, 0.3) is 0 Å². The Labute approximate surface area is 167 Å². The molecule has 2 atom stereocenters. The molecular formula is C17H29Cl2N5O2. The van der Waals surface area contributed by atoms with Crippen LogP contribution in [0.5, 0.6) is 0 Å². The number of aryl methyl sites for hydroxylation is 1. The van der Waals surface area contributed by atoms with E-state index < -0.39 is 0 Å². The van der Waals surface area contributed by atoms with Crippen molar-refractivity contribution in [3.63, 3.8) is 0 Å². The molecule has 26 heavy (non-hydrogen) atoms. The van der Waals surface area contributed by atoms with Gasteiger partial charge in [-0.1, -0.05) is 0 Å². The van der Waals surface area contributed by atoms with E-state index in [-0.39, 0.29) is 42.7 Å². The average Bonchev–Trinajstić information content (AvgIpc) is 3.25. The Bertz CT molecular complexity index is 589. The molecule has 2 N–H and O–H groups in total. The van der Waals surface area contributed by atoms with Gasteiger partial charge in [-0.15, -0.1) is 24.8 Å². The van der Waals surface area contributed by atoms with Gasteiger partial charge in [0.15, 0.2) is 0 Å². The van der Waals surface area contributed by atoms with Gasteiger partial charge in [-0.2, -0.15) is 5.10 Å². The van der Waals surface area contributed by atoms with Crippen molar-refractivity contribution in [3.05, 3.63) is 18.0 Å². The van der Waals surface area contributed by atoms with Crippen LogP contribution in [0.2, 0.25) is 0 Å². The number of aromatic nitrogens is 2. The lowest BCUT2D eigenvalue weighted by molar-refractivity contribution is -0.132. The molecule has 2 fully saturated rings. The number of piperidine rings is 1. The van der Waals surface area contributed by atoms with E-state index >= 15 is 0 Å². The summed E-state index contributed by atoms with van der Waals surface area (Å²) in [6.07, 6.45) is 8.08. The summed E-state index contributed by atoms with van der Waals surface area (Å²) in [6.45, 7) is 3.14. The summed E-state index contributed by atoms with van der Waals surface area (Å²) in [4.78, 5) is 26.5. The van der Waals surface area contributed by atoms with Crippen molar-refractivity contribution < 1.29 is 9.59 Å². The van der Waals surface area contributed by atoms with Gasteiger partial charge in [0.1, 0.15) is 0 Å². The second-order valence-electron chi connectivity index (χ2n) is 6.94. The Hall–Kier alpha value is -1.31. The fourth-order valence-electron chi connectivity index (χ4n) is 3.58. The van der Waals surface area contributed by atoms with Gasteiger partial charge in [0.05, 0.1) is 18.7 Å². The van der Waals surface area contributed by atoms with Crippen LogP contribution >= 0.6 is 24.8 Å². The molecule has 2 aliphatic heterocycles. The first-order valence-electron chi connectivity index (χ1n) is 8.88. The number of rotatable bonds is 5. The summed E-state index contributed by atoms with van der Waals surface area (Å²) in [7, 11) is 1.85. The van der Waals surface area contributed by atoms with E-state index in [1.54, 1.807) is 10.9 Å². The molecule has 1 aromatic rings. The largest absolute Gasteiger partial charge is 0.354 e. The highest BCUT2D eigenvalue weighted by Crippen LogP contribution is 2.17. The van der Waals surface area contributed by atoms with E-state index in [1.165, 1.54) is 0 Å². The maximum Gasteiger partial charge on any atom is 0.237 e. The zero-order valence-electron chi connectivity index (χ0n) is 15.1. The van der Waals surface area contributed by atoms with Crippen LogP contribution in [0.1, 0.15) is 31.2 Å². The van der Waals surface area contributed by atoms with Crippen LogP contribution < -0.4 is 10.6 Å². The van der Waals surface area contributed by atoms with Crippen molar-refractivity contribution in [3.8, 4) is 0 Å². The highest BCUT2D eigenvalue weighted by atomic mass is 35.5. The van der Waals surface area contributed by atoms with Crippen molar-refractivity contribution in [1.82, 2.24) is 25.3 Å². The first kappa shape index (κ1) is 22.7. The third kappa shape index (κ3) is 6.14. The molecule has 0 aliphatic carbocycles. The zero-order chi connectivity index (χ0) is 16.9. The normalized spacial score (nSPS) is 22.3. The number of amides is 2. The molecule has 148 valence electrons. The fourth-order valence-corrected chi connectivity index (χ4v) is 3.58. The Morgan fingerprint density at radius 2 is 2.12 bits per heavy atom. The Balaban J connectivity index is 0.00000169. The molecule has 7 nitrogen and oxygen atoms in total. The van der Waals surface area contributed by atoms with Crippen LogP contribution in [0.4, 0.5) is 0 Å². The van der Waals surface area contributed by atoms with Crippen molar-refractivity contribution in [2.45, 2.75) is 38.1 Å². The van der Waals surface area contributed by atoms with Gasteiger partial charge in [0.2, 0.25) is 11.8 Å². The minimum atomic E-state index is -0.0306. The van der Waals surface area contributed by atoms with Gasteiger partial charge in [-0.05, 0) is 43.7 Å². The highest BCUT2D eigenvalue weighted by Gasteiger charge is 2.26. The second-order valence-corrected chi connectivity index (χ2v) is 6.94. The van der Waals surface area contributed by atoms with Gasteiger partial charge < -0.3 is 15.5 Å². The first-order valence-corrected chi connectivity index (χ1v) is 8.88. The number of likely N-dealkylation sites (tertiary alicyclic amines) is 1. The van der Waals surface area contributed by atoms with Crippen molar-refractivity contribution in [2.24, 2.45) is 13.0 Å². The number of carbonyl (C=O) groups is 2. The van der Waals surface area contributed by atoms with Crippen LogP contribution in [0.3, 0.4) is 0 Å². The van der Waals surface area contributed by atoms with E-state index in [0.29, 0.717) is 18.9 Å². The summed E-state index contributed by atoms with van der Waals surface area (Å²) in [5.74, 6) is 0.602. The lowest BCUT2D eigenvalue weighted by Crippen LogP contribution is -2.47. The molecule has 0 spiro atoms. The van der Waals surface area contributed by atoms with Gasteiger partial charge in [0, 0.05) is 32.9 Å². The van der Waals surface area contributed by atoms with Gasteiger partial charge in [-0.3, -0.25) is 14.3 Å². The van der Waals surface area contributed by atoms with Crippen LogP contribution in [-0.2, 0) is 23.1 Å². The Kier molecular flexibility index (Phi) is 9.39. The lowest BCUT2D eigenvalue weighted by atomic mass is 9.97. The number of carbonyl (C=O) groups excluding carboxylic acids is 2. The van der Waals surface area contributed by atoms with Crippen LogP contribution in [0, 0.1) is 5.92 Å². The minimum absolute atomic E-state index is 0. The maximum atomic E-state index is 12.5. The molecule has 2 unspecified atom stereocenters. The molecule has 0 radical (unpaired) electrons. The van der Waals surface area contributed by atoms with Crippen molar-refractivity contribution in [1.29, 1.82) is 0 Å². The zero-order valence-corrected chi connectivity index (χ0v) is 16.8. The third-order valence-corrected chi connectivity index (χ3v) is 4.93. The van der Waals surface area contributed by atoms with E-state index in [0.717, 1.165) is 50.9 Å². The monoisotopic (exact) mass is 405 g/mol. The minimum Gasteiger partial charge on any atom is -0.354 e. The molecule has 2 aliphatic rings. The Morgan fingerprint density at radius 1 is 1.31 bits per heavy atom. The smallest absolute Gasteiger partial charge is 0.237 e. The number of nitrogens with zero attached hydrogens (tertiary/aromatic N) is 3. The summed E-state index contributed by atoms with van der Waals surface area (Å²) >= 11 is 0. The van der Waals surface area contributed by atoms with Crippen molar-refractivity contribution in [2.75, 3.05) is 26.2 Å². The van der Waals surface area contributed by atoms with Crippen molar-refractivity contribution >= 4 is 36.6 Å². The average molecular weight is 406 g/mol. The van der Waals surface area contributed by atoms with E-state index in [1.807, 2.05) is 18.1 Å². The Morgan fingerprint density at radius 3 is 2.77 bits per heavy atom. The van der Waals surface area contributed by atoms with E-state index in [4.69, 9.17) is 0 Å². The molecule has 1 aromatic heterocycles. The molecule has 9 heteroatoms. The molecule has 3 heterocycles. The molecule has 2 saturated heterocycles.